The second-order valence-electron chi connectivity index (χ2n) is 10.0. The van der Waals surface area contributed by atoms with E-state index in [1.165, 1.54) is 6.07 Å². The van der Waals surface area contributed by atoms with E-state index in [1.807, 2.05) is 36.4 Å². The summed E-state index contributed by atoms with van der Waals surface area (Å²) in [7, 11) is 3.13. The Morgan fingerprint density at radius 2 is 1.67 bits per heavy atom. The first-order valence-corrected chi connectivity index (χ1v) is 14.1. The number of halogens is 1. The minimum Gasteiger partial charge on any atom is -0.494 e. The monoisotopic (exact) mass is 582 g/mol. The molecule has 0 radical (unpaired) electrons. The third kappa shape index (κ3) is 5.60. The van der Waals surface area contributed by atoms with Gasteiger partial charge in [0.15, 0.2) is 5.78 Å². The molecule has 7 nitrogen and oxygen atoms in total. The third-order valence-corrected chi connectivity index (χ3v) is 7.77. The minimum absolute atomic E-state index is 0.0202. The number of fused-ring (bicyclic) bond motifs is 1. The summed E-state index contributed by atoms with van der Waals surface area (Å²) in [5, 5.41) is 10.6. The summed E-state index contributed by atoms with van der Waals surface area (Å²) in [5.41, 5.74) is 4.09. The zero-order valence-electron chi connectivity index (χ0n) is 23.6. The van der Waals surface area contributed by atoms with Gasteiger partial charge in [0.1, 0.15) is 28.4 Å². The van der Waals surface area contributed by atoms with Crippen molar-refractivity contribution >= 4 is 34.4 Å². The second kappa shape index (κ2) is 12.5. The molecule has 5 aromatic rings. The van der Waals surface area contributed by atoms with E-state index in [0.717, 1.165) is 18.4 Å². The minimum atomic E-state index is -1.16. The van der Waals surface area contributed by atoms with E-state index < -0.39 is 5.97 Å². The van der Waals surface area contributed by atoms with Crippen LogP contribution in [0.3, 0.4) is 0 Å². The maximum atomic E-state index is 13.4. The summed E-state index contributed by atoms with van der Waals surface area (Å²) in [6, 6.07) is 23.6. The van der Waals surface area contributed by atoms with Crippen LogP contribution < -0.4 is 9.47 Å². The van der Waals surface area contributed by atoms with Gasteiger partial charge in [0.2, 0.25) is 0 Å². The van der Waals surface area contributed by atoms with Crippen molar-refractivity contribution in [3.63, 3.8) is 0 Å². The molecule has 0 aliphatic carbocycles. The number of H-pyrrole nitrogens is 1. The third-order valence-electron chi connectivity index (χ3n) is 7.46. The maximum Gasteiger partial charge on any atom is 0.336 e. The van der Waals surface area contributed by atoms with Crippen molar-refractivity contribution in [1.29, 1.82) is 0 Å². The van der Waals surface area contributed by atoms with Gasteiger partial charge in [-0.05, 0) is 47.7 Å². The van der Waals surface area contributed by atoms with E-state index >= 15 is 0 Å². The summed E-state index contributed by atoms with van der Waals surface area (Å²) in [6.07, 6.45) is 2.08. The first kappa shape index (κ1) is 28.9. The number of ether oxygens (including phenoxy) is 2. The van der Waals surface area contributed by atoms with E-state index in [2.05, 4.69) is 11.9 Å². The van der Waals surface area contributed by atoms with Crippen LogP contribution in [-0.4, -0.2) is 41.0 Å². The number of Topliss-reactive ketones (excluding diaryl/α,β-unsaturated/α-hetero) is 1. The van der Waals surface area contributed by atoms with Crippen LogP contribution in [-0.2, 0) is 0 Å². The van der Waals surface area contributed by atoms with Crippen molar-refractivity contribution in [3.8, 4) is 34.0 Å². The number of hydrogen-bond acceptors (Lipinski definition) is 5. The van der Waals surface area contributed by atoms with Crippen molar-refractivity contribution in [2.75, 3.05) is 14.2 Å². The van der Waals surface area contributed by atoms with Gasteiger partial charge >= 0.3 is 5.97 Å². The molecule has 42 heavy (non-hydrogen) atoms. The van der Waals surface area contributed by atoms with E-state index in [0.29, 0.717) is 55.6 Å². The van der Waals surface area contributed by atoms with Gasteiger partial charge in [0.05, 0.1) is 19.8 Å². The Morgan fingerprint density at radius 3 is 2.36 bits per heavy atom. The second-order valence-corrected chi connectivity index (χ2v) is 10.4. The Hall–Kier alpha value is -4.62. The molecule has 1 heterocycles. The lowest BCUT2D eigenvalue weighted by Gasteiger charge is -2.17. The summed E-state index contributed by atoms with van der Waals surface area (Å²) in [4.78, 5) is 34.1. The van der Waals surface area contributed by atoms with Crippen LogP contribution in [0.4, 0.5) is 0 Å². The van der Waals surface area contributed by atoms with Gasteiger partial charge in [-0.3, -0.25) is 4.79 Å². The number of nitrogens with zero attached hydrogens (tertiary/aromatic N) is 1. The fourth-order valence-electron chi connectivity index (χ4n) is 5.42. The molecule has 5 rings (SSSR count). The number of aromatic amines is 1. The fourth-order valence-corrected chi connectivity index (χ4v) is 5.69. The van der Waals surface area contributed by atoms with Crippen LogP contribution in [0, 0.1) is 0 Å². The van der Waals surface area contributed by atoms with Crippen molar-refractivity contribution in [3.05, 3.63) is 101 Å². The Bertz CT molecular complexity index is 1720. The quantitative estimate of drug-likeness (QED) is 0.152. The van der Waals surface area contributed by atoms with Crippen molar-refractivity contribution in [1.82, 2.24) is 9.97 Å². The van der Waals surface area contributed by atoms with Gasteiger partial charge in [-0.15, -0.1) is 0 Å². The summed E-state index contributed by atoms with van der Waals surface area (Å²) >= 11 is 6.73. The van der Waals surface area contributed by atoms with E-state index in [9.17, 15) is 14.7 Å². The highest BCUT2D eigenvalue weighted by Gasteiger charge is 2.24. The molecule has 0 bridgehead atoms. The highest BCUT2D eigenvalue weighted by molar-refractivity contribution is 6.34. The number of carbonyl (C=O) groups is 2. The number of rotatable bonds is 11. The smallest absolute Gasteiger partial charge is 0.336 e. The Kier molecular flexibility index (Phi) is 8.59. The normalized spacial score (nSPS) is 11.8. The lowest BCUT2D eigenvalue weighted by atomic mass is 9.87. The molecule has 0 aliphatic rings. The molecule has 8 heteroatoms. The Labute approximate surface area is 249 Å². The van der Waals surface area contributed by atoms with E-state index in [-0.39, 0.29) is 23.7 Å². The molecule has 0 amide bonds. The molecule has 0 saturated carbocycles. The summed E-state index contributed by atoms with van der Waals surface area (Å²) in [6.45, 7) is 2.09. The molecule has 1 atom stereocenters. The number of carbonyl (C=O) groups excluding carboxylic acids is 1. The molecule has 2 N–H and O–H groups in total. The lowest BCUT2D eigenvalue weighted by Crippen LogP contribution is -2.10. The number of aromatic nitrogens is 2. The summed E-state index contributed by atoms with van der Waals surface area (Å²) in [5.74, 6) is 0.386. The molecule has 0 saturated heterocycles. The average Bonchev–Trinajstić information content (AvgIpc) is 3.46. The first-order chi connectivity index (χ1) is 20.4. The number of methoxy groups -OCH3 is 2. The zero-order valence-corrected chi connectivity index (χ0v) is 24.4. The van der Waals surface area contributed by atoms with Crippen molar-refractivity contribution in [2.45, 2.75) is 32.1 Å². The molecular formula is C34H31ClN2O5. The molecule has 214 valence electrons. The van der Waals surface area contributed by atoms with Gasteiger partial charge in [-0.2, -0.15) is 0 Å². The highest BCUT2D eigenvalue weighted by atomic mass is 35.5. The lowest BCUT2D eigenvalue weighted by molar-refractivity contribution is 0.0697. The molecule has 0 fully saturated rings. The molecule has 4 aromatic carbocycles. The van der Waals surface area contributed by atoms with Crippen LogP contribution in [0.2, 0.25) is 5.02 Å². The molecule has 1 aromatic heterocycles. The summed E-state index contributed by atoms with van der Waals surface area (Å²) < 4.78 is 11.0. The maximum absolute atomic E-state index is 13.4. The predicted octanol–water partition coefficient (Wildman–Crippen LogP) is 8.42. The van der Waals surface area contributed by atoms with Crippen molar-refractivity contribution in [2.24, 2.45) is 0 Å². The van der Waals surface area contributed by atoms with Gasteiger partial charge < -0.3 is 19.6 Å². The Morgan fingerprint density at radius 1 is 0.929 bits per heavy atom. The molecule has 0 aliphatic heterocycles. The highest BCUT2D eigenvalue weighted by Crippen LogP contribution is 2.41. The van der Waals surface area contributed by atoms with E-state index in [4.69, 9.17) is 26.1 Å². The SMILES string of the molecule is CCC[C@@H](CC(=O)c1ccc(-c2c(Cl)cccc2-c2nc3c(OC)ccc(OC)c3[nH]2)c(C(=O)O)c1)c1ccccc1. The average molecular weight is 583 g/mol. The van der Waals surface area contributed by atoms with Crippen LogP contribution in [0.25, 0.3) is 33.5 Å². The van der Waals surface area contributed by atoms with E-state index in [1.54, 1.807) is 50.6 Å². The Balaban J connectivity index is 1.58. The number of hydrogen-bond donors (Lipinski definition) is 2. The predicted molar refractivity (Wildman–Crippen MR) is 165 cm³/mol. The molecule has 0 unspecified atom stereocenters. The number of aromatic carboxylic acids is 1. The van der Waals surface area contributed by atoms with Crippen LogP contribution in [0.15, 0.2) is 78.9 Å². The largest absolute Gasteiger partial charge is 0.494 e. The number of ketones is 1. The first-order valence-electron chi connectivity index (χ1n) is 13.7. The van der Waals surface area contributed by atoms with Crippen LogP contribution in [0.1, 0.15) is 58.4 Å². The zero-order chi connectivity index (χ0) is 29.8. The number of carboxylic acid groups (broad SMARTS) is 1. The van der Waals surface area contributed by atoms with Crippen molar-refractivity contribution < 1.29 is 24.2 Å². The number of benzene rings is 4. The number of nitrogens with one attached hydrogen (secondary N) is 1. The van der Waals surface area contributed by atoms with Gasteiger partial charge in [0, 0.05) is 28.1 Å². The van der Waals surface area contributed by atoms with Crippen LogP contribution >= 0.6 is 11.6 Å². The van der Waals surface area contributed by atoms with Gasteiger partial charge in [-0.1, -0.05) is 79.5 Å². The van der Waals surface area contributed by atoms with Crippen LogP contribution in [0.5, 0.6) is 11.5 Å². The molecular weight excluding hydrogens is 552 g/mol. The topological polar surface area (TPSA) is 102 Å². The molecule has 0 spiro atoms. The van der Waals surface area contributed by atoms with Gasteiger partial charge in [-0.25, -0.2) is 9.78 Å². The fraction of sp³-hybridized carbons (Fsp3) is 0.206. The standard InChI is InChI=1S/C34H31ClN2O5/c1-4-9-21(20-10-6-5-7-11-20)19-27(38)22-14-15-23(25(18-22)34(39)40)30-24(12-8-13-26(30)35)33-36-31-28(41-2)16-17-29(42-3)32(31)37-33/h5-8,10-18,21H,4,9,19H2,1-3H3,(H,36,37)(H,39,40)/t21-/m0/s1. The number of imidazole rings is 1. The van der Waals surface area contributed by atoms with Gasteiger partial charge in [0.25, 0.3) is 0 Å². The number of carboxylic acids is 1.